The second-order valence-corrected chi connectivity index (χ2v) is 20.6. The molecule has 1 unspecified atom stereocenters. The van der Waals surface area contributed by atoms with Crippen LogP contribution in [0.2, 0.25) is 0 Å². The third kappa shape index (κ3) is 3.97. The highest BCUT2D eigenvalue weighted by Crippen LogP contribution is 2.62. The first-order valence-electron chi connectivity index (χ1n) is 20.2. The van der Waals surface area contributed by atoms with Gasteiger partial charge in [-0.1, -0.05) is 188 Å². The minimum atomic E-state index is -2.76. The van der Waals surface area contributed by atoms with Crippen molar-refractivity contribution in [2.24, 2.45) is 0 Å². The molecule has 58 heavy (non-hydrogen) atoms. The van der Waals surface area contributed by atoms with Crippen LogP contribution in [-0.2, 0) is 5.41 Å². The highest BCUT2D eigenvalue weighted by molar-refractivity contribution is 7.99. The smallest absolute Gasteiger partial charge is 0.182 e. The molecule has 0 bridgehead atoms. The van der Waals surface area contributed by atoms with E-state index < -0.39 is 13.5 Å². The Kier molecular flexibility index (Phi) is 6.68. The quantitative estimate of drug-likeness (QED) is 0.161. The molecule has 4 heterocycles. The molecule has 9 aromatic rings. The van der Waals surface area contributed by atoms with Gasteiger partial charge in [-0.25, -0.2) is 0 Å². The van der Waals surface area contributed by atoms with Crippen LogP contribution in [0.15, 0.2) is 222 Å². The summed E-state index contributed by atoms with van der Waals surface area (Å²) in [5.74, 6) is 0. The van der Waals surface area contributed by atoms with Gasteiger partial charge < -0.3 is 4.90 Å². The zero-order valence-electron chi connectivity index (χ0n) is 31.6. The molecule has 4 aliphatic heterocycles. The first-order valence-corrected chi connectivity index (χ1v) is 23.0. The molecule has 0 aromatic heterocycles. The summed E-state index contributed by atoms with van der Waals surface area (Å²) < 4.78 is 0. The first kappa shape index (κ1) is 32.4. The van der Waals surface area contributed by atoms with Gasteiger partial charge in [0.05, 0.1) is 16.8 Å². The fraction of sp³-hybridized carbons (Fsp3) is 0.0182. The zero-order chi connectivity index (χ0) is 38.0. The van der Waals surface area contributed by atoms with Crippen LogP contribution < -0.4 is 25.6 Å². The third-order valence-electron chi connectivity index (χ3n) is 13.3. The standard InChI is InChI=1S/C55H35NSSi/c1-2-17-36(18-3-1)38-21-16-32-52-54(38)41-20-5-15-31-51(41)58(52)50-30-14-4-19-39(50)40-34-33-37(35-53(40)58)56-46-26-10-6-22-42(46)55(43-23-7-11-27-47(43)56)44-24-8-12-28-48(44)57-49-29-13-9-25-45(49)55/h1-35H. The molecule has 9 aromatic carbocycles. The van der Waals surface area contributed by atoms with Gasteiger partial charge in [0.15, 0.2) is 8.07 Å². The lowest BCUT2D eigenvalue weighted by Crippen LogP contribution is -2.70. The zero-order valence-corrected chi connectivity index (χ0v) is 33.4. The van der Waals surface area contributed by atoms with E-state index in [9.17, 15) is 0 Å². The van der Waals surface area contributed by atoms with Crippen LogP contribution in [0.4, 0.5) is 17.1 Å². The highest BCUT2D eigenvalue weighted by Gasteiger charge is 2.55. The van der Waals surface area contributed by atoms with Gasteiger partial charge in [-0.2, -0.15) is 0 Å². The fourth-order valence-corrected chi connectivity index (χ4v) is 18.1. The molecular formula is C55H35NSSi. The Morgan fingerprint density at radius 2 is 0.862 bits per heavy atom. The maximum absolute atomic E-state index is 2.76. The lowest BCUT2D eigenvalue weighted by atomic mass is 9.62. The van der Waals surface area contributed by atoms with Gasteiger partial charge in [-0.15, -0.1) is 0 Å². The minimum absolute atomic E-state index is 0.470. The van der Waals surface area contributed by atoms with Crippen LogP contribution in [0.1, 0.15) is 22.3 Å². The van der Waals surface area contributed by atoms with Gasteiger partial charge in [0.1, 0.15) is 0 Å². The van der Waals surface area contributed by atoms with E-state index in [4.69, 9.17) is 0 Å². The molecule has 0 amide bonds. The van der Waals surface area contributed by atoms with Crippen LogP contribution in [-0.4, -0.2) is 8.07 Å². The summed E-state index contributed by atoms with van der Waals surface area (Å²) in [5, 5.41) is 5.94. The van der Waals surface area contributed by atoms with Crippen LogP contribution in [0.25, 0.3) is 33.4 Å². The van der Waals surface area contributed by atoms with Crippen molar-refractivity contribution in [3.63, 3.8) is 0 Å². The molecule has 1 atom stereocenters. The maximum Gasteiger partial charge on any atom is 0.182 e. The predicted octanol–water partition coefficient (Wildman–Crippen LogP) is 11.3. The monoisotopic (exact) mass is 769 g/mol. The number of para-hydroxylation sites is 2. The van der Waals surface area contributed by atoms with Gasteiger partial charge in [0, 0.05) is 15.5 Å². The van der Waals surface area contributed by atoms with Gasteiger partial charge in [0.25, 0.3) is 0 Å². The molecule has 1 nitrogen and oxygen atoms in total. The summed E-state index contributed by atoms with van der Waals surface area (Å²) in [4.78, 5) is 5.20. The van der Waals surface area contributed by atoms with Gasteiger partial charge >= 0.3 is 0 Å². The van der Waals surface area contributed by atoms with E-state index in [2.05, 4.69) is 217 Å². The van der Waals surface area contributed by atoms with Crippen molar-refractivity contribution < 1.29 is 0 Å². The van der Waals surface area contributed by atoms with E-state index in [0.29, 0.717) is 0 Å². The Morgan fingerprint density at radius 3 is 1.55 bits per heavy atom. The molecule has 0 aliphatic carbocycles. The topological polar surface area (TPSA) is 3.24 Å². The Labute approximate surface area is 343 Å². The normalized spacial score (nSPS) is 16.7. The molecule has 0 radical (unpaired) electrons. The van der Waals surface area contributed by atoms with Gasteiger partial charge in [-0.05, 0) is 113 Å². The van der Waals surface area contributed by atoms with Crippen molar-refractivity contribution in [1.29, 1.82) is 0 Å². The van der Waals surface area contributed by atoms with E-state index in [1.54, 1.807) is 0 Å². The molecule has 0 saturated carbocycles. The first-order chi connectivity index (χ1) is 28.8. The van der Waals surface area contributed by atoms with E-state index in [0.717, 1.165) is 0 Å². The number of hydrogen-bond donors (Lipinski definition) is 0. The second kappa shape index (κ2) is 11.9. The SMILES string of the molecule is c1ccc(-c2cccc3c2-c2ccccc2[Si]32c3ccccc3-c3ccc(N4c5ccccc5C5(c6ccccc6Sc6ccccc65)c5ccccc54)cc32)cc1. The maximum atomic E-state index is 2.59. The van der Waals surface area contributed by atoms with E-state index in [1.807, 2.05) is 11.8 Å². The lowest BCUT2D eigenvalue weighted by Gasteiger charge is -2.49. The second-order valence-electron chi connectivity index (χ2n) is 15.9. The van der Waals surface area contributed by atoms with Crippen LogP contribution >= 0.6 is 11.8 Å². The number of hydrogen-bond acceptors (Lipinski definition) is 2. The molecule has 0 fully saturated rings. The van der Waals surface area contributed by atoms with Gasteiger partial charge in [-0.3, -0.25) is 0 Å². The van der Waals surface area contributed by atoms with E-state index in [-0.39, 0.29) is 0 Å². The summed E-state index contributed by atoms with van der Waals surface area (Å²) >= 11 is 1.89. The van der Waals surface area contributed by atoms with Crippen molar-refractivity contribution in [3.05, 3.63) is 235 Å². The van der Waals surface area contributed by atoms with Gasteiger partial charge in [0.2, 0.25) is 0 Å². The van der Waals surface area contributed by atoms with Crippen molar-refractivity contribution in [2.75, 3.05) is 4.90 Å². The van der Waals surface area contributed by atoms with E-state index >= 15 is 0 Å². The molecule has 0 N–H and O–H groups in total. The summed E-state index contributed by atoms with van der Waals surface area (Å²) in [7, 11) is -2.76. The summed E-state index contributed by atoms with van der Waals surface area (Å²) in [5.41, 5.74) is 16.6. The Bertz CT molecular complexity index is 3090. The molecule has 4 aliphatic rings. The van der Waals surface area contributed by atoms with Crippen LogP contribution in [0.5, 0.6) is 0 Å². The predicted molar refractivity (Wildman–Crippen MR) is 244 cm³/mol. The highest BCUT2D eigenvalue weighted by atomic mass is 32.2. The Hall–Kier alpha value is -6.65. The Morgan fingerprint density at radius 1 is 0.362 bits per heavy atom. The van der Waals surface area contributed by atoms with Crippen molar-refractivity contribution in [2.45, 2.75) is 15.2 Å². The fourth-order valence-electron chi connectivity index (χ4n) is 11.3. The molecule has 2 spiro atoms. The largest absolute Gasteiger partial charge is 0.310 e. The van der Waals surface area contributed by atoms with Crippen LogP contribution in [0.3, 0.4) is 0 Å². The molecular weight excluding hydrogens is 735 g/mol. The molecule has 3 heteroatoms. The summed E-state index contributed by atoms with van der Waals surface area (Å²) in [6.07, 6.45) is 0. The number of anilines is 3. The summed E-state index contributed by atoms with van der Waals surface area (Å²) in [6, 6.07) is 80.6. The van der Waals surface area contributed by atoms with Crippen molar-refractivity contribution in [3.8, 4) is 33.4 Å². The minimum Gasteiger partial charge on any atom is -0.310 e. The molecule has 0 saturated heterocycles. The van der Waals surface area contributed by atoms with Crippen LogP contribution in [0, 0.1) is 0 Å². The number of nitrogens with zero attached hydrogens (tertiary/aromatic N) is 1. The average molecular weight is 770 g/mol. The molecule has 270 valence electrons. The van der Waals surface area contributed by atoms with Crippen molar-refractivity contribution >= 4 is 57.6 Å². The van der Waals surface area contributed by atoms with E-state index in [1.165, 1.54) is 103 Å². The summed E-state index contributed by atoms with van der Waals surface area (Å²) in [6.45, 7) is 0. The number of benzene rings is 9. The van der Waals surface area contributed by atoms with Crippen molar-refractivity contribution in [1.82, 2.24) is 0 Å². The third-order valence-corrected chi connectivity index (χ3v) is 19.4. The lowest BCUT2D eigenvalue weighted by molar-refractivity contribution is 0.692. The average Bonchev–Trinajstić information content (AvgIpc) is 3.76. The molecule has 13 rings (SSSR count). The number of rotatable bonds is 2. The Balaban J connectivity index is 1.10. The number of fused-ring (bicyclic) bond motifs is 18.